The molecule has 0 unspecified atom stereocenters. The molecule has 1 N–H and O–H groups in total. The molecule has 28 heavy (non-hydrogen) atoms. The van der Waals surface area contributed by atoms with E-state index in [9.17, 15) is 4.79 Å². The molecule has 0 aliphatic carbocycles. The van der Waals surface area contributed by atoms with E-state index in [0.29, 0.717) is 18.1 Å². The van der Waals surface area contributed by atoms with E-state index in [2.05, 4.69) is 44.5 Å². The first kappa shape index (κ1) is 18.2. The highest BCUT2D eigenvalue weighted by Gasteiger charge is 2.21. The van der Waals surface area contributed by atoms with Gasteiger partial charge in [-0.1, -0.05) is 48.0 Å². The number of para-hydroxylation sites is 1. The van der Waals surface area contributed by atoms with Crippen LogP contribution < -0.4 is 10.2 Å². The fourth-order valence-electron chi connectivity index (χ4n) is 3.67. The maximum atomic E-state index is 12.7. The van der Waals surface area contributed by atoms with Gasteiger partial charge in [-0.2, -0.15) is 0 Å². The molecule has 3 aromatic rings. The van der Waals surface area contributed by atoms with Gasteiger partial charge in [0.2, 0.25) is 0 Å². The first-order chi connectivity index (χ1) is 13.6. The fraction of sp³-hybridized carbons (Fsp3) is 0.261. The predicted octanol–water partition coefficient (Wildman–Crippen LogP) is 4.11. The molecule has 0 atom stereocenters. The lowest BCUT2D eigenvalue weighted by atomic mass is 10.0. The second kappa shape index (κ2) is 7.80. The Morgan fingerprint density at radius 1 is 1.07 bits per heavy atom. The van der Waals surface area contributed by atoms with Crippen LogP contribution in [-0.4, -0.2) is 22.4 Å². The highest BCUT2D eigenvalue weighted by atomic mass is 16.1. The SMILES string of the molecule is Cc1cccc(CNC(=O)c2cc(N3CCCc4ccccc43)nc(C)n2)c1. The summed E-state index contributed by atoms with van der Waals surface area (Å²) in [7, 11) is 0. The van der Waals surface area contributed by atoms with Crippen molar-refractivity contribution in [3.05, 3.63) is 82.8 Å². The molecule has 2 heterocycles. The minimum Gasteiger partial charge on any atom is -0.347 e. The summed E-state index contributed by atoms with van der Waals surface area (Å²) in [5.41, 5.74) is 5.13. The second-order valence-electron chi connectivity index (χ2n) is 7.21. The Labute approximate surface area is 165 Å². The fourth-order valence-corrected chi connectivity index (χ4v) is 3.67. The van der Waals surface area contributed by atoms with Gasteiger partial charge in [0.1, 0.15) is 17.3 Å². The van der Waals surface area contributed by atoms with Gasteiger partial charge in [-0.3, -0.25) is 4.79 Å². The van der Waals surface area contributed by atoms with Crippen molar-refractivity contribution in [1.82, 2.24) is 15.3 Å². The van der Waals surface area contributed by atoms with E-state index in [1.54, 1.807) is 6.07 Å². The Hall–Kier alpha value is -3.21. The quantitative estimate of drug-likeness (QED) is 0.749. The lowest BCUT2D eigenvalue weighted by Gasteiger charge is -2.30. The first-order valence-corrected chi connectivity index (χ1v) is 9.65. The average Bonchev–Trinajstić information content (AvgIpc) is 2.71. The van der Waals surface area contributed by atoms with E-state index in [1.165, 1.54) is 11.1 Å². The molecule has 1 amide bonds. The number of aromatic nitrogens is 2. The summed E-state index contributed by atoms with van der Waals surface area (Å²) in [4.78, 5) is 23.9. The number of hydrogen-bond acceptors (Lipinski definition) is 4. The Kier molecular flexibility index (Phi) is 5.06. The van der Waals surface area contributed by atoms with Crippen molar-refractivity contribution in [2.45, 2.75) is 33.2 Å². The molecular formula is C23H24N4O. The Morgan fingerprint density at radius 2 is 1.93 bits per heavy atom. The molecule has 0 fully saturated rings. The van der Waals surface area contributed by atoms with Crippen molar-refractivity contribution < 1.29 is 4.79 Å². The van der Waals surface area contributed by atoms with Gasteiger partial charge >= 0.3 is 0 Å². The maximum absolute atomic E-state index is 12.7. The number of aryl methyl sites for hydroxylation is 3. The Morgan fingerprint density at radius 3 is 2.79 bits per heavy atom. The van der Waals surface area contributed by atoms with Crippen LogP contribution in [0, 0.1) is 13.8 Å². The molecule has 0 spiro atoms. The summed E-state index contributed by atoms with van der Waals surface area (Å²) in [5.74, 6) is 1.19. The van der Waals surface area contributed by atoms with E-state index < -0.39 is 0 Å². The number of carbonyl (C=O) groups excluding carboxylic acids is 1. The van der Waals surface area contributed by atoms with Gasteiger partial charge in [-0.25, -0.2) is 9.97 Å². The summed E-state index contributed by atoms with van der Waals surface area (Å²) in [6, 6.07) is 18.3. The van der Waals surface area contributed by atoms with Crippen LogP contribution in [0.2, 0.25) is 0 Å². The van der Waals surface area contributed by atoms with Crippen LogP contribution in [0.1, 0.15) is 39.4 Å². The highest BCUT2D eigenvalue weighted by Crippen LogP contribution is 2.32. The second-order valence-corrected chi connectivity index (χ2v) is 7.21. The highest BCUT2D eigenvalue weighted by molar-refractivity contribution is 5.93. The Bertz CT molecular complexity index is 1010. The molecule has 2 aromatic carbocycles. The van der Waals surface area contributed by atoms with Crippen molar-refractivity contribution in [1.29, 1.82) is 0 Å². The molecule has 0 radical (unpaired) electrons. The van der Waals surface area contributed by atoms with Gasteiger partial charge in [0.05, 0.1) is 0 Å². The zero-order valence-corrected chi connectivity index (χ0v) is 16.3. The number of carbonyl (C=O) groups is 1. The van der Waals surface area contributed by atoms with E-state index in [0.717, 1.165) is 36.5 Å². The van der Waals surface area contributed by atoms with Crippen LogP contribution in [-0.2, 0) is 13.0 Å². The molecule has 142 valence electrons. The zero-order valence-electron chi connectivity index (χ0n) is 16.3. The van der Waals surface area contributed by atoms with Crippen molar-refractivity contribution in [3.63, 3.8) is 0 Å². The van der Waals surface area contributed by atoms with Gasteiger partial charge in [-0.05, 0) is 43.9 Å². The topological polar surface area (TPSA) is 58.1 Å². The van der Waals surface area contributed by atoms with Crippen LogP contribution in [0.5, 0.6) is 0 Å². The van der Waals surface area contributed by atoms with Crippen LogP contribution >= 0.6 is 0 Å². The number of amides is 1. The van der Waals surface area contributed by atoms with E-state index in [1.807, 2.05) is 38.1 Å². The van der Waals surface area contributed by atoms with Crippen molar-refractivity contribution in [3.8, 4) is 0 Å². The third-order valence-corrected chi connectivity index (χ3v) is 4.98. The predicted molar refractivity (Wildman–Crippen MR) is 111 cm³/mol. The Balaban J connectivity index is 1.57. The van der Waals surface area contributed by atoms with Crippen LogP contribution in [0.4, 0.5) is 11.5 Å². The number of rotatable bonds is 4. The van der Waals surface area contributed by atoms with Gasteiger partial charge in [-0.15, -0.1) is 0 Å². The summed E-state index contributed by atoms with van der Waals surface area (Å²) in [6.45, 7) is 5.24. The van der Waals surface area contributed by atoms with Gasteiger partial charge in [0.25, 0.3) is 5.91 Å². The average molecular weight is 372 g/mol. The third-order valence-electron chi connectivity index (χ3n) is 4.98. The molecule has 1 aliphatic heterocycles. The first-order valence-electron chi connectivity index (χ1n) is 9.65. The molecule has 0 saturated carbocycles. The van der Waals surface area contributed by atoms with Crippen molar-refractivity contribution in [2.75, 3.05) is 11.4 Å². The minimum atomic E-state index is -0.182. The van der Waals surface area contributed by atoms with E-state index in [-0.39, 0.29) is 5.91 Å². The monoisotopic (exact) mass is 372 g/mol. The molecule has 1 aliphatic rings. The molecule has 5 nitrogen and oxygen atoms in total. The number of nitrogens with zero attached hydrogens (tertiary/aromatic N) is 3. The largest absolute Gasteiger partial charge is 0.347 e. The van der Waals surface area contributed by atoms with E-state index in [4.69, 9.17) is 0 Å². The molecule has 0 saturated heterocycles. The minimum absolute atomic E-state index is 0.182. The number of nitrogens with one attached hydrogen (secondary N) is 1. The van der Waals surface area contributed by atoms with Crippen molar-refractivity contribution >= 4 is 17.4 Å². The number of benzene rings is 2. The van der Waals surface area contributed by atoms with E-state index >= 15 is 0 Å². The van der Waals surface area contributed by atoms with Crippen LogP contribution in [0.25, 0.3) is 0 Å². The molecular weight excluding hydrogens is 348 g/mol. The lowest BCUT2D eigenvalue weighted by molar-refractivity contribution is 0.0945. The van der Waals surface area contributed by atoms with Crippen LogP contribution in [0.15, 0.2) is 54.6 Å². The zero-order chi connectivity index (χ0) is 19.5. The standard InChI is InChI=1S/C23H24N4O/c1-16-7-5-8-18(13-16)15-24-23(28)20-14-22(26-17(2)25-20)27-12-6-10-19-9-3-4-11-21(19)27/h3-5,7-9,11,13-14H,6,10,12,15H2,1-2H3,(H,24,28). The maximum Gasteiger partial charge on any atom is 0.270 e. The molecule has 5 heteroatoms. The summed E-state index contributed by atoms with van der Waals surface area (Å²) in [6.07, 6.45) is 2.13. The summed E-state index contributed by atoms with van der Waals surface area (Å²) >= 11 is 0. The molecule has 0 bridgehead atoms. The summed E-state index contributed by atoms with van der Waals surface area (Å²) < 4.78 is 0. The summed E-state index contributed by atoms with van der Waals surface area (Å²) in [5, 5.41) is 2.97. The molecule has 4 rings (SSSR count). The number of fused-ring (bicyclic) bond motifs is 1. The lowest BCUT2D eigenvalue weighted by Crippen LogP contribution is -2.28. The third kappa shape index (κ3) is 3.88. The number of hydrogen-bond donors (Lipinski definition) is 1. The van der Waals surface area contributed by atoms with Gasteiger partial charge < -0.3 is 10.2 Å². The van der Waals surface area contributed by atoms with Crippen LogP contribution in [0.3, 0.4) is 0 Å². The van der Waals surface area contributed by atoms with Crippen molar-refractivity contribution in [2.24, 2.45) is 0 Å². The number of anilines is 2. The normalized spacial score (nSPS) is 13.1. The molecule has 1 aromatic heterocycles. The van der Waals surface area contributed by atoms with Gasteiger partial charge in [0, 0.05) is 24.8 Å². The smallest absolute Gasteiger partial charge is 0.270 e. The van der Waals surface area contributed by atoms with Gasteiger partial charge in [0.15, 0.2) is 0 Å².